The molecule has 6 nitrogen and oxygen atoms in total. The molecule has 1 saturated heterocycles. The Balaban J connectivity index is 1.86. The van der Waals surface area contributed by atoms with E-state index in [9.17, 15) is 9.59 Å². The fourth-order valence-corrected chi connectivity index (χ4v) is 2.59. The van der Waals surface area contributed by atoms with E-state index in [0.29, 0.717) is 13.1 Å². The number of likely N-dealkylation sites (tertiary alicyclic amines) is 1. The third-order valence-electron chi connectivity index (χ3n) is 3.98. The van der Waals surface area contributed by atoms with Crippen LogP contribution < -0.4 is 5.73 Å². The number of ether oxygens (including phenoxy) is 1. The number of amides is 2. The van der Waals surface area contributed by atoms with Gasteiger partial charge in [0.15, 0.2) is 0 Å². The number of likely N-dealkylation sites (N-methyl/N-ethyl adjacent to an activating group) is 1. The molecule has 1 fully saturated rings. The van der Waals surface area contributed by atoms with E-state index in [-0.39, 0.29) is 31.2 Å². The summed E-state index contributed by atoms with van der Waals surface area (Å²) in [6, 6.07) is 9.58. The van der Waals surface area contributed by atoms with Crippen LogP contribution in [0.4, 0.5) is 4.79 Å². The van der Waals surface area contributed by atoms with Crippen molar-refractivity contribution in [3.8, 4) is 0 Å². The molecule has 1 aromatic carbocycles. The van der Waals surface area contributed by atoms with Gasteiger partial charge in [-0.05, 0) is 18.4 Å². The molecule has 6 heteroatoms. The monoisotopic (exact) mass is 305 g/mol. The van der Waals surface area contributed by atoms with Gasteiger partial charge in [-0.25, -0.2) is 4.79 Å². The molecule has 2 amide bonds. The Kier molecular flexibility index (Phi) is 5.77. The minimum atomic E-state index is -0.331. The van der Waals surface area contributed by atoms with Gasteiger partial charge in [0.1, 0.15) is 6.61 Å². The van der Waals surface area contributed by atoms with Crippen LogP contribution in [0.3, 0.4) is 0 Å². The number of nitrogens with zero attached hydrogens (tertiary/aromatic N) is 2. The van der Waals surface area contributed by atoms with Gasteiger partial charge in [-0.1, -0.05) is 30.3 Å². The molecule has 120 valence electrons. The van der Waals surface area contributed by atoms with E-state index < -0.39 is 0 Å². The predicted octanol–water partition coefficient (Wildman–Crippen LogP) is 1.20. The van der Waals surface area contributed by atoms with Gasteiger partial charge in [0.25, 0.3) is 0 Å². The van der Waals surface area contributed by atoms with Crippen LogP contribution in [0.25, 0.3) is 0 Å². The van der Waals surface area contributed by atoms with Crippen LogP contribution in [0.5, 0.6) is 0 Å². The minimum absolute atomic E-state index is 0.00840. The van der Waals surface area contributed by atoms with E-state index in [1.165, 1.54) is 0 Å². The normalized spacial score (nSPS) is 17.9. The largest absolute Gasteiger partial charge is 0.445 e. The van der Waals surface area contributed by atoms with Gasteiger partial charge in [0, 0.05) is 26.2 Å². The summed E-state index contributed by atoms with van der Waals surface area (Å²) in [5.74, 6) is -0.107. The summed E-state index contributed by atoms with van der Waals surface area (Å²) < 4.78 is 5.34. The summed E-state index contributed by atoms with van der Waals surface area (Å²) in [5, 5.41) is 0. The van der Waals surface area contributed by atoms with Crippen LogP contribution in [0.1, 0.15) is 18.4 Å². The van der Waals surface area contributed by atoms with E-state index in [0.717, 1.165) is 18.4 Å². The average molecular weight is 305 g/mol. The van der Waals surface area contributed by atoms with Gasteiger partial charge >= 0.3 is 6.09 Å². The highest BCUT2D eigenvalue weighted by atomic mass is 16.6. The lowest BCUT2D eigenvalue weighted by Gasteiger charge is -2.36. The highest BCUT2D eigenvalue weighted by Gasteiger charge is 2.28. The second-order valence-corrected chi connectivity index (χ2v) is 5.49. The molecule has 1 heterocycles. The van der Waals surface area contributed by atoms with Gasteiger partial charge < -0.3 is 20.3 Å². The van der Waals surface area contributed by atoms with Crippen molar-refractivity contribution < 1.29 is 14.3 Å². The number of benzene rings is 1. The Labute approximate surface area is 130 Å². The second kappa shape index (κ2) is 7.79. The van der Waals surface area contributed by atoms with E-state index in [2.05, 4.69) is 0 Å². The van der Waals surface area contributed by atoms with Gasteiger partial charge in [0.2, 0.25) is 5.91 Å². The Morgan fingerprint density at radius 2 is 2.09 bits per heavy atom. The van der Waals surface area contributed by atoms with Crippen LogP contribution in [0, 0.1) is 0 Å². The first-order chi connectivity index (χ1) is 10.6. The SMILES string of the molecule is CN(C(=O)CN)C1CCCN(C(=O)OCc2ccccc2)C1. The summed E-state index contributed by atoms with van der Waals surface area (Å²) in [7, 11) is 1.73. The molecule has 0 aliphatic carbocycles. The molecule has 0 saturated carbocycles. The molecule has 1 aliphatic rings. The molecular weight excluding hydrogens is 282 g/mol. The van der Waals surface area contributed by atoms with Crippen molar-refractivity contribution in [1.82, 2.24) is 9.80 Å². The van der Waals surface area contributed by atoms with Crippen LogP contribution in [0.15, 0.2) is 30.3 Å². The maximum absolute atomic E-state index is 12.2. The Morgan fingerprint density at radius 1 is 1.36 bits per heavy atom. The molecule has 1 aromatic rings. The summed E-state index contributed by atoms with van der Waals surface area (Å²) >= 11 is 0. The number of carbonyl (C=O) groups excluding carboxylic acids is 2. The van der Waals surface area contributed by atoms with E-state index in [1.807, 2.05) is 30.3 Å². The van der Waals surface area contributed by atoms with Gasteiger partial charge in [-0.2, -0.15) is 0 Å². The third kappa shape index (κ3) is 4.21. The van der Waals surface area contributed by atoms with E-state index >= 15 is 0 Å². The number of nitrogens with two attached hydrogens (primary N) is 1. The summed E-state index contributed by atoms with van der Waals surface area (Å²) in [5.41, 5.74) is 6.35. The van der Waals surface area contributed by atoms with Gasteiger partial charge in [0.05, 0.1) is 6.54 Å². The molecular formula is C16H23N3O3. The molecule has 22 heavy (non-hydrogen) atoms. The smallest absolute Gasteiger partial charge is 0.410 e. The molecule has 0 radical (unpaired) electrons. The van der Waals surface area contributed by atoms with Crippen molar-refractivity contribution in [2.75, 3.05) is 26.7 Å². The molecule has 0 aromatic heterocycles. The van der Waals surface area contributed by atoms with Crippen molar-refractivity contribution in [3.63, 3.8) is 0 Å². The first-order valence-electron chi connectivity index (χ1n) is 7.53. The molecule has 2 rings (SSSR count). The zero-order chi connectivity index (χ0) is 15.9. The lowest BCUT2D eigenvalue weighted by molar-refractivity contribution is -0.131. The Morgan fingerprint density at radius 3 is 2.77 bits per heavy atom. The summed E-state index contributed by atoms with van der Waals surface area (Å²) in [6.45, 7) is 1.41. The van der Waals surface area contributed by atoms with E-state index in [1.54, 1.807) is 16.8 Å². The van der Waals surface area contributed by atoms with Crippen LogP contribution in [-0.2, 0) is 16.1 Å². The predicted molar refractivity (Wildman–Crippen MR) is 83.0 cm³/mol. The minimum Gasteiger partial charge on any atom is -0.445 e. The van der Waals surface area contributed by atoms with Crippen molar-refractivity contribution in [3.05, 3.63) is 35.9 Å². The maximum Gasteiger partial charge on any atom is 0.410 e. The highest BCUT2D eigenvalue weighted by Crippen LogP contribution is 2.16. The quantitative estimate of drug-likeness (QED) is 0.907. The average Bonchev–Trinajstić information content (AvgIpc) is 2.59. The number of hydrogen-bond donors (Lipinski definition) is 1. The zero-order valence-electron chi connectivity index (χ0n) is 12.9. The first kappa shape index (κ1) is 16.3. The van der Waals surface area contributed by atoms with Gasteiger partial charge in [-0.15, -0.1) is 0 Å². The third-order valence-corrected chi connectivity index (χ3v) is 3.98. The number of piperidine rings is 1. The second-order valence-electron chi connectivity index (χ2n) is 5.49. The molecule has 0 spiro atoms. The Bertz CT molecular complexity index is 507. The maximum atomic E-state index is 12.2. The van der Waals surface area contributed by atoms with Crippen molar-refractivity contribution >= 4 is 12.0 Å². The number of carbonyl (C=O) groups is 2. The van der Waals surface area contributed by atoms with Crippen LogP contribution >= 0.6 is 0 Å². The molecule has 1 unspecified atom stereocenters. The van der Waals surface area contributed by atoms with Gasteiger partial charge in [-0.3, -0.25) is 4.79 Å². The molecule has 1 atom stereocenters. The zero-order valence-corrected chi connectivity index (χ0v) is 12.9. The standard InChI is InChI=1S/C16H23N3O3/c1-18(15(20)10-17)14-8-5-9-19(11-14)16(21)22-12-13-6-3-2-4-7-13/h2-4,6-7,14H,5,8-12,17H2,1H3. The molecule has 1 aliphatic heterocycles. The van der Waals surface area contributed by atoms with Crippen molar-refractivity contribution in [2.24, 2.45) is 5.73 Å². The Hall–Kier alpha value is -2.08. The topological polar surface area (TPSA) is 75.9 Å². The number of hydrogen-bond acceptors (Lipinski definition) is 4. The van der Waals surface area contributed by atoms with Crippen molar-refractivity contribution in [1.29, 1.82) is 0 Å². The highest BCUT2D eigenvalue weighted by molar-refractivity contribution is 5.78. The lowest BCUT2D eigenvalue weighted by Crippen LogP contribution is -2.51. The lowest BCUT2D eigenvalue weighted by atomic mass is 10.0. The fraction of sp³-hybridized carbons (Fsp3) is 0.500. The van der Waals surface area contributed by atoms with Crippen LogP contribution in [0.2, 0.25) is 0 Å². The van der Waals surface area contributed by atoms with Crippen molar-refractivity contribution in [2.45, 2.75) is 25.5 Å². The summed E-state index contributed by atoms with van der Waals surface area (Å²) in [4.78, 5) is 27.1. The molecule has 0 bridgehead atoms. The molecule has 2 N–H and O–H groups in total. The summed E-state index contributed by atoms with van der Waals surface area (Å²) in [6.07, 6.45) is 1.40. The first-order valence-corrected chi connectivity index (χ1v) is 7.53. The fourth-order valence-electron chi connectivity index (χ4n) is 2.59. The van der Waals surface area contributed by atoms with Crippen LogP contribution in [-0.4, -0.2) is 54.5 Å². The van der Waals surface area contributed by atoms with E-state index in [4.69, 9.17) is 10.5 Å². The number of rotatable bonds is 4.